The standard InChI is InChI=1S/C6H9NO.C2H6O/c1-2-7-5-3-4-6(7)8;1-2-3/h2H,1,3-5H2;3H,2H2,1H3. The van der Waals surface area contributed by atoms with Gasteiger partial charge in [-0.2, -0.15) is 0 Å². The van der Waals surface area contributed by atoms with Crippen LogP contribution in [0.25, 0.3) is 0 Å². The van der Waals surface area contributed by atoms with Gasteiger partial charge in [-0.25, -0.2) is 0 Å². The summed E-state index contributed by atoms with van der Waals surface area (Å²) >= 11 is 0. The number of amides is 1. The Balaban J connectivity index is 0.000000292. The van der Waals surface area contributed by atoms with Crippen LogP contribution >= 0.6 is 0 Å². The van der Waals surface area contributed by atoms with Crippen molar-refractivity contribution >= 4 is 5.91 Å². The Morgan fingerprint density at radius 1 is 1.82 bits per heavy atom. The first kappa shape index (κ1) is 10.2. The van der Waals surface area contributed by atoms with Crippen molar-refractivity contribution in [1.29, 1.82) is 0 Å². The van der Waals surface area contributed by atoms with Crippen molar-refractivity contribution in [3.63, 3.8) is 0 Å². The molecule has 0 aromatic carbocycles. The Morgan fingerprint density at radius 3 is 2.55 bits per heavy atom. The maximum absolute atomic E-state index is 10.7. The number of hydrogen-bond acceptors (Lipinski definition) is 2. The molecule has 0 unspecified atom stereocenters. The molecule has 0 saturated carbocycles. The number of hydrogen-bond donors (Lipinski definition) is 1. The lowest BCUT2D eigenvalue weighted by Crippen LogP contribution is -2.16. The first-order chi connectivity index (χ1) is 5.26. The Kier molecular flexibility index (Phi) is 5.47. The molecule has 0 aliphatic carbocycles. The first-order valence-corrected chi connectivity index (χ1v) is 3.79. The van der Waals surface area contributed by atoms with Crippen LogP contribution in [0.3, 0.4) is 0 Å². The molecule has 0 spiro atoms. The van der Waals surface area contributed by atoms with E-state index in [1.165, 1.54) is 0 Å². The van der Waals surface area contributed by atoms with Crippen LogP contribution in [0.5, 0.6) is 0 Å². The molecule has 3 heteroatoms. The third-order valence-corrected chi connectivity index (χ3v) is 1.33. The van der Waals surface area contributed by atoms with Crippen LogP contribution in [0.15, 0.2) is 12.8 Å². The van der Waals surface area contributed by atoms with Gasteiger partial charge in [-0.15, -0.1) is 0 Å². The van der Waals surface area contributed by atoms with Crippen LogP contribution in [-0.2, 0) is 4.79 Å². The highest BCUT2D eigenvalue weighted by molar-refractivity contribution is 5.78. The molecule has 1 saturated heterocycles. The minimum atomic E-state index is 0.208. The molecule has 0 aromatic rings. The second-order valence-corrected chi connectivity index (χ2v) is 2.19. The van der Waals surface area contributed by atoms with Gasteiger partial charge in [-0.3, -0.25) is 4.79 Å². The van der Waals surface area contributed by atoms with Crippen LogP contribution < -0.4 is 0 Å². The Labute approximate surface area is 67.3 Å². The number of carbonyl (C=O) groups excluding carboxylic acids is 1. The Hall–Kier alpha value is -0.830. The molecule has 1 aliphatic heterocycles. The van der Waals surface area contributed by atoms with Gasteiger partial charge in [0.15, 0.2) is 0 Å². The molecule has 1 aliphatic rings. The van der Waals surface area contributed by atoms with Gasteiger partial charge < -0.3 is 10.0 Å². The van der Waals surface area contributed by atoms with E-state index in [4.69, 9.17) is 5.11 Å². The third-order valence-electron chi connectivity index (χ3n) is 1.33. The largest absolute Gasteiger partial charge is 0.397 e. The van der Waals surface area contributed by atoms with Gasteiger partial charge in [0, 0.05) is 19.6 Å². The fraction of sp³-hybridized carbons (Fsp3) is 0.625. The number of likely N-dealkylation sites (tertiary alicyclic amines) is 1. The third kappa shape index (κ3) is 3.78. The van der Waals surface area contributed by atoms with Gasteiger partial charge in [0.1, 0.15) is 0 Å². The summed E-state index contributed by atoms with van der Waals surface area (Å²) in [7, 11) is 0. The molecule has 0 atom stereocenters. The monoisotopic (exact) mass is 157 g/mol. The smallest absolute Gasteiger partial charge is 0.226 e. The van der Waals surface area contributed by atoms with E-state index in [9.17, 15) is 4.79 Å². The summed E-state index contributed by atoms with van der Waals surface area (Å²) in [5.41, 5.74) is 0. The molecule has 0 aromatic heterocycles. The van der Waals surface area contributed by atoms with Crippen molar-refractivity contribution < 1.29 is 9.90 Å². The minimum absolute atomic E-state index is 0.208. The van der Waals surface area contributed by atoms with Gasteiger partial charge in [0.05, 0.1) is 0 Å². The van der Waals surface area contributed by atoms with E-state index in [0.717, 1.165) is 13.0 Å². The summed E-state index contributed by atoms with van der Waals surface area (Å²) in [6.45, 7) is 6.29. The summed E-state index contributed by atoms with van der Waals surface area (Å²) < 4.78 is 0. The van der Waals surface area contributed by atoms with Crippen molar-refractivity contribution in [2.24, 2.45) is 0 Å². The summed E-state index contributed by atoms with van der Waals surface area (Å²) in [5.74, 6) is 0.208. The number of carbonyl (C=O) groups is 1. The average molecular weight is 157 g/mol. The fourth-order valence-electron chi connectivity index (χ4n) is 0.862. The zero-order valence-electron chi connectivity index (χ0n) is 6.92. The normalized spacial score (nSPS) is 15.8. The molecule has 64 valence electrons. The molecular formula is C8H15NO2. The van der Waals surface area contributed by atoms with Crippen molar-refractivity contribution in [2.75, 3.05) is 13.2 Å². The topological polar surface area (TPSA) is 40.5 Å². The highest BCUT2D eigenvalue weighted by Gasteiger charge is 2.15. The van der Waals surface area contributed by atoms with E-state index in [2.05, 4.69) is 6.58 Å². The second kappa shape index (κ2) is 5.92. The molecule has 1 heterocycles. The molecule has 1 rings (SSSR count). The molecule has 1 N–H and O–H groups in total. The van der Waals surface area contributed by atoms with Crippen LogP contribution in [0.2, 0.25) is 0 Å². The van der Waals surface area contributed by atoms with Gasteiger partial charge in [-0.05, 0) is 19.5 Å². The van der Waals surface area contributed by atoms with E-state index >= 15 is 0 Å². The maximum atomic E-state index is 10.7. The minimum Gasteiger partial charge on any atom is -0.397 e. The van der Waals surface area contributed by atoms with Gasteiger partial charge in [0.25, 0.3) is 0 Å². The lowest BCUT2D eigenvalue weighted by atomic mass is 10.4. The quantitative estimate of drug-likeness (QED) is 0.610. The SMILES string of the molecule is C=CN1CCCC1=O.CCO. The average Bonchev–Trinajstić information content (AvgIpc) is 2.36. The number of aliphatic hydroxyl groups is 1. The highest BCUT2D eigenvalue weighted by Crippen LogP contribution is 2.08. The second-order valence-electron chi connectivity index (χ2n) is 2.19. The molecule has 0 radical (unpaired) electrons. The van der Waals surface area contributed by atoms with Crippen LogP contribution in [-0.4, -0.2) is 29.1 Å². The van der Waals surface area contributed by atoms with Crippen LogP contribution in [0, 0.1) is 0 Å². The number of aliphatic hydroxyl groups excluding tert-OH is 1. The predicted molar refractivity (Wildman–Crippen MR) is 43.9 cm³/mol. The van der Waals surface area contributed by atoms with Crippen molar-refractivity contribution in [3.8, 4) is 0 Å². The van der Waals surface area contributed by atoms with Crippen LogP contribution in [0.4, 0.5) is 0 Å². The lowest BCUT2D eigenvalue weighted by molar-refractivity contribution is -0.125. The Morgan fingerprint density at radius 2 is 2.36 bits per heavy atom. The fourth-order valence-corrected chi connectivity index (χ4v) is 0.862. The van der Waals surface area contributed by atoms with Crippen molar-refractivity contribution in [1.82, 2.24) is 4.90 Å². The van der Waals surface area contributed by atoms with E-state index in [-0.39, 0.29) is 12.5 Å². The Bertz CT molecular complexity index is 134. The van der Waals surface area contributed by atoms with Gasteiger partial charge >= 0.3 is 0 Å². The summed E-state index contributed by atoms with van der Waals surface area (Å²) in [6, 6.07) is 0. The molecule has 3 nitrogen and oxygen atoms in total. The molecule has 1 amide bonds. The predicted octanol–water partition coefficient (Wildman–Crippen LogP) is 0.751. The molecule has 0 bridgehead atoms. The summed E-state index contributed by atoms with van der Waals surface area (Å²) in [5, 5.41) is 7.57. The van der Waals surface area contributed by atoms with Gasteiger partial charge in [0.2, 0.25) is 5.91 Å². The van der Waals surface area contributed by atoms with E-state index < -0.39 is 0 Å². The van der Waals surface area contributed by atoms with Gasteiger partial charge in [-0.1, -0.05) is 6.58 Å². The summed E-state index contributed by atoms with van der Waals surface area (Å²) in [4.78, 5) is 12.3. The molecule has 1 fully saturated rings. The molecule has 11 heavy (non-hydrogen) atoms. The lowest BCUT2D eigenvalue weighted by Gasteiger charge is -2.05. The zero-order valence-corrected chi connectivity index (χ0v) is 6.92. The van der Waals surface area contributed by atoms with Crippen molar-refractivity contribution in [2.45, 2.75) is 19.8 Å². The van der Waals surface area contributed by atoms with E-state index in [1.807, 2.05) is 0 Å². The number of rotatable bonds is 1. The number of nitrogens with zero attached hydrogens (tertiary/aromatic N) is 1. The highest BCUT2D eigenvalue weighted by atomic mass is 16.2. The van der Waals surface area contributed by atoms with E-state index in [0.29, 0.717) is 6.42 Å². The van der Waals surface area contributed by atoms with E-state index in [1.54, 1.807) is 18.0 Å². The zero-order chi connectivity index (χ0) is 8.69. The summed E-state index contributed by atoms with van der Waals surface area (Å²) in [6.07, 6.45) is 3.28. The first-order valence-electron chi connectivity index (χ1n) is 3.79. The maximum Gasteiger partial charge on any atom is 0.226 e. The van der Waals surface area contributed by atoms with Crippen LogP contribution in [0.1, 0.15) is 19.8 Å². The molecular weight excluding hydrogens is 142 g/mol. The van der Waals surface area contributed by atoms with Crippen molar-refractivity contribution in [3.05, 3.63) is 12.8 Å².